The number of pyridine rings is 4. The molecule has 0 aliphatic carbocycles. The molecule has 0 fully saturated rings. The number of rotatable bonds is 6. The Hall–Kier alpha value is -6.30. The summed E-state index contributed by atoms with van der Waals surface area (Å²) in [7, 11) is 0. The molecule has 0 saturated carbocycles. The third-order valence-electron chi connectivity index (χ3n) is 8.78. The number of thiophene rings is 1. The SMILES string of the molecule is c1ccc(-c2sc3c(c(-c4ccccc4)nc4cc(-c5cc(-c6ccccn6)nc(-c6ccccn6)c5)ccc43)c2-c2ccccc2)cc1. The van der Waals surface area contributed by atoms with Crippen molar-refractivity contribution < 1.29 is 0 Å². The maximum absolute atomic E-state index is 5.48. The summed E-state index contributed by atoms with van der Waals surface area (Å²) < 4.78 is 1.23. The molecule has 5 heterocycles. The molecular formula is C44H28N4S. The van der Waals surface area contributed by atoms with Crippen molar-refractivity contribution in [3.63, 3.8) is 0 Å². The Balaban J connectivity index is 1.32. The van der Waals surface area contributed by atoms with Gasteiger partial charge in [-0.15, -0.1) is 11.3 Å². The molecule has 5 heteroatoms. The number of benzene rings is 4. The van der Waals surface area contributed by atoms with E-state index in [1.54, 1.807) is 12.4 Å². The minimum absolute atomic E-state index is 0.797. The average molecular weight is 645 g/mol. The van der Waals surface area contributed by atoms with Gasteiger partial charge in [0, 0.05) is 43.9 Å². The smallest absolute Gasteiger partial charge is 0.0900 e. The summed E-state index contributed by atoms with van der Waals surface area (Å²) >= 11 is 1.84. The highest BCUT2D eigenvalue weighted by Crippen LogP contribution is 2.50. The predicted octanol–water partition coefficient (Wildman–Crippen LogP) is 11.6. The van der Waals surface area contributed by atoms with E-state index < -0.39 is 0 Å². The van der Waals surface area contributed by atoms with Gasteiger partial charge in [0.1, 0.15) is 0 Å². The Morgan fingerprint density at radius 3 is 1.57 bits per heavy atom. The maximum atomic E-state index is 5.48. The molecule has 0 aliphatic rings. The summed E-state index contributed by atoms with van der Waals surface area (Å²) in [6, 6.07) is 54.6. The first-order valence-corrected chi connectivity index (χ1v) is 17.0. The summed E-state index contributed by atoms with van der Waals surface area (Å²) in [5.74, 6) is 0. The second-order valence-electron chi connectivity index (χ2n) is 11.9. The van der Waals surface area contributed by atoms with Crippen LogP contribution in [-0.2, 0) is 0 Å². The van der Waals surface area contributed by atoms with E-state index in [2.05, 4.69) is 131 Å². The van der Waals surface area contributed by atoms with Crippen LogP contribution in [0.1, 0.15) is 0 Å². The summed E-state index contributed by atoms with van der Waals surface area (Å²) in [6.45, 7) is 0. The molecule has 9 aromatic rings. The van der Waals surface area contributed by atoms with Gasteiger partial charge in [-0.25, -0.2) is 9.97 Å². The Morgan fingerprint density at radius 2 is 0.980 bits per heavy atom. The van der Waals surface area contributed by atoms with Gasteiger partial charge >= 0.3 is 0 Å². The molecule has 49 heavy (non-hydrogen) atoms. The van der Waals surface area contributed by atoms with Gasteiger partial charge in [-0.05, 0) is 64.7 Å². The largest absolute Gasteiger partial charge is 0.255 e. The van der Waals surface area contributed by atoms with E-state index in [1.165, 1.54) is 31.7 Å². The van der Waals surface area contributed by atoms with E-state index in [9.17, 15) is 0 Å². The number of hydrogen-bond donors (Lipinski definition) is 0. The summed E-state index contributed by atoms with van der Waals surface area (Å²) in [6.07, 6.45) is 3.60. The molecule has 0 amide bonds. The molecule has 0 N–H and O–H groups in total. The molecule has 0 saturated heterocycles. The highest BCUT2D eigenvalue weighted by Gasteiger charge is 2.23. The van der Waals surface area contributed by atoms with Crippen molar-refractivity contribution in [3.05, 3.63) is 170 Å². The van der Waals surface area contributed by atoms with Crippen molar-refractivity contribution in [1.82, 2.24) is 19.9 Å². The van der Waals surface area contributed by atoms with Crippen LogP contribution in [0.4, 0.5) is 0 Å². The summed E-state index contributed by atoms with van der Waals surface area (Å²) in [5.41, 5.74) is 11.9. The fourth-order valence-electron chi connectivity index (χ4n) is 6.49. The molecule has 0 aliphatic heterocycles. The highest BCUT2D eigenvalue weighted by atomic mass is 32.1. The minimum Gasteiger partial charge on any atom is -0.255 e. The molecule has 0 atom stereocenters. The van der Waals surface area contributed by atoms with Crippen LogP contribution >= 0.6 is 11.3 Å². The van der Waals surface area contributed by atoms with Crippen molar-refractivity contribution in [1.29, 1.82) is 0 Å². The van der Waals surface area contributed by atoms with E-state index in [0.29, 0.717) is 0 Å². The van der Waals surface area contributed by atoms with E-state index >= 15 is 0 Å². The molecule has 4 aromatic carbocycles. The van der Waals surface area contributed by atoms with Crippen LogP contribution in [0.15, 0.2) is 170 Å². The number of hydrogen-bond acceptors (Lipinski definition) is 5. The lowest BCUT2D eigenvalue weighted by Crippen LogP contribution is -1.94. The van der Waals surface area contributed by atoms with Crippen molar-refractivity contribution in [2.75, 3.05) is 0 Å². The zero-order chi connectivity index (χ0) is 32.6. The lowest BCUT2D eigenvalue weighted by molar-refractivity contribution is 1.22. The zero-order valence-electron chi connectivity index (χ0n) is 26.4. The Kier molecular flexibility index (Phi) is 7.30. The lowest BCUT2D eigenvalue weighted by atomic mass is 9.94. The fourth-order valence-corrected chi connectivity index (χ4v) is 7.85. The Morgan fingerprint density at radius 1 is 0.408 bits per heavy atom. The molecule has 5 aromatic heterocycles. The molecule has 4 nitrogen and oxygen atoms in total. The van der Waals surface area contributed by atoms with Gasteiger partial charge in [0.2, 0.25) is 0 Å². The van der Waals surface area contributed by atoms with E-state index in [0.717, 1.165) is 56.1 Å². The third-order valence-corrected chi connectivity index (χ3v) is 10.1. The zero-order valence-corrected chi connectivity index (χ0v) is 27.2. The van der Waals surface area contributed by atoms with Crippen LogP contribution < -0.4 is 0 Å². The standard InChI is InChI=1S/C44H28N4S/c1-4-14-29(15-5-1)40-41-42(30-16-6-2-7-17-30)48-37-26-32(22-23-34(37)44(41)49-43(40)31-18-8-3-9-19-31)33-27-38(35-20-10-12-24-45-35)47-39(28-33)36-21-11-13-25-46-36/h1-28H. The van der Waals surface area contributed by atoms with Crippen LogP contribution in [-0.4, -0.2) is 19.9 Å². The normalized spacial score (nSPS) is 11.3. The van der Waals surface area contributed by atoms with Crippen molar-refractivity contribution in [3.8, 4) is 66.7 Å². The second-order valence-corrected chi connectivity index (χ2v) is 12.9. The molecular weight excluding hydrogens is 617 g/mol. The van der Waals surface area contributed by atoms with Crippen LogP contribution in [0, 0.1) is 0 Å². The van der Waals surface area contributed by atoms with Crippen molar-refractivity contribution in [2.45, 2.75) is 0 Å². The van der Waals surface area contributed by atoms with Gasteiger partial charge < -0.3 is 0 Å². The summed E-state index contributed by atoms with van der Waals surface area (Å²) in [4.78, 5) is 20.9. The third kappa shape index (κ3) is 5.36. The van der Waals surface area contributed by atoms with Gasteiger partial charge in [-0.1, -0.05) is 115 Å². The van der Waals surface area contributed by atoms with Gasteiger partial charge in [0.05, 0.1) is 34.0 Å². The van der Waals surface area contributed by atoms with E-state index in [4.69, 9.17) is 9.97 Å². The molecule has 0 bridgehead atoms. The Labute approximate surface area is 288 Å². The topological polar surface area (TPSA) is 51.6 Å². The van der Waals surface area contributed by atoms with Gasteiger partial charge in [0.25, 0.3) is 0 Å². The molecule has 0 radical (unpaired) electrons. The number of fused-ring (bicyclic) bond motifs is 3. The monoisotopic (exact) mass is 644 g/mol. The van der Waals surface area contributed by atoms with Gasteiger partial charge in [-0.3, -0.25) is 9.97 Å². The van der Waals surface area contributed by atoms with Crippen LogP contribution in [0.3, 0.4) is 0 Å². The van der Waals surface area contributed by atoms with Crippen LogP contribution in [0.5, 0.6) is 0 Å². The number of aromatic nitrogens is 4. The molecule has 0 unspecified atom stereocenters. The predicted molar refractivity (Wildman–Crippen MR) is 203 cm³/mol. The number of nitrogens with zero attached hydrogens (tertiary/aromatic N) is 4. The minimum atomic E-state index is 0.797. The van der Waals surface area contributed by atoms with Gasteiger partial charge in [0.15, 0.2) is 0 Å². The lowest BCUT2D eigenvalue weighted by Gasteiger charge is -2.12. The Bertz CT molecular complexity index is 2510. The fraction of sp³-hybridized carbons (Fsp3) is 0. The maximum Gasteiger partial charge on any atom is 0.0900 e. The average Bonchev–Trinajstić information content (AvgIpc) is 3.60. The van der Waals surface area contributed by atoms with Crippen LogP contribution in [0.2, 0.25) is 0 Å². The van der Waals surface area contributed by atoms with Crippen molar-refractivity contribution in [2.24, 2.45) is 0 Å². The first-order chi connectivity index (χ1) is 24.3. The summed E-state index contributed by atoms with van der Waals surface area (Å²) in [5, 5.41) is 2.31. The first-order valence-electron chi connectivity index (χ1n) is 16.2. The quantitative estimate of drug-likeness (QED) is 0.181. The molecule has 9 rings (SSSR count). The first kappa shape index (κ1) is 28.9. The van der Waals surface area contributed by atoms with Crippen LogP contribution in [0.25, 0.3) is 87.7 Å². The molecule has 230 valence electrons. The molecule has 0 spiro atoms. The highest BCUT2D eigenvalue weighted by molar-refractivity contribution is 7.24. The second kappa shape index (κ2) is 12.4. The van der Waals surface area contributed by atoms with Gasteiger partial charge in [-0.2, -0.15) is 0 Å². The van der Waals surface area contributed by atoms with E-state index in [-0.39, 0.29) is 0 Å². The van der Waals surface area contributed by atoms with Crippen molar-refractivity contribution >= 4 is 32.3 Å². The van der Waals surface area contributed by atoms with E-state index in [1.807, 2.05) is 47.7 Å².